The molecule has 0 bridgehead atoms. The standard InChI is InChI=1S/C12H14N2O6.C2H6/c1-9(15)13-10-4-6-11(7-5-10)20-12(16)3-2-8-19-14(17)18;1-2/h4-7H,2-3,8H2,1H3,(H,13,15);1-2H3. The maximum Gasteiger partial charge on any atom is 0.311 e. The number of ether oxygens (including phenoxy) is 1. The van der Waals surface area contributed by atoms with Crippen LogP contribution in [-0.4, -0.2) is 23.6 Å². The number of carbonyl (C=O) groups excluding carboxylic acids is 2. The van der Waals surface area contributed by atoms with Crippen LogP contribution in [-0.2, 0) is 14.4 Å². The van der Waals surface area contributed by atoms with Crippen LogP contribution in [0.15, 0.2) is 24.3 Å². The maximum absolute atomic E-state index is 11.4. The Morgan fingerprint density at radius 1 is 1.23 bits per heavy atom. The highest BCUT2D eigenvalue weighted by molar-refractivity contribution is 5.88. The Balaban J connectivity index is 0.00000211. The van der Waals surface area contributed by atoms with E-state index >= 15 is 0 Å². The van der Waals surface area contributed by atoms with Gasteiger partial charge >= 0.3 is 5.97 Å². The van der Waals surface area contributed by atoms with Crippen LogP contribution >= 0.6 is 0 Å². The molecule has 0 aliphatic carbocycles. The first kappa shape index (κ1) is 19.4. The van der Waals surface area contributed by atoms with Gasteiger partial charge in [0.25, 0.3) is 5.09 Å². The van der Waals surface area contributed by atoms with Crippen molar-refractivity contribution in [1.82, 2.24) is 0 Å². The normalized spacial score (nSPS) is 9.05. The topological polar surface area (TPSA) is 108 Å². The molecule has 1 rings (SSSR count). The number of hydrogen-bond acceptors (Lipinski definition) is 6. The molecule has 0 saturated carbocycles. The van der Waals surface area contributed by atoms with E-state index in [1.165, 1.54) is 19.1 Å². The van der Waals surface area contributed by atoms with Gasteiger partial charge in [0.15, 0.2) is 0 Å². The first-order valence-corrected chi connectivity index (χ1v) is 6.83. The van der Waals surface area contributed by atoms with Gasteiger partial charge in [0.05, 0.1) is 6.61 Å². The second-order valence-electron chi connectivity index (χ2n) is 3.84. The molecule has 1 N–H and O–H groups in total. The number of carbonyl (C=O) groups is 2. The molecule has 0 spiro atoms. The molecule has 1 amide bonds. The minimum Gasteiger partial charge on any atom is -0.427 e. The Bertz CT molecular complexity index is 487. The van der Waals surface area contributed by atoms with Crippen molar-refractivity contribution in [1.29, 1.82) is 0 Å². The van der Waals surface area contributed by atoms with Gasteiger partial charge in [-0.25, -0.2) is 0 Å². The van der Waals surface area contributed by atoms with E-state index in [1.807, 2.05) is 13.8 Å². The van der Waals surface area contributed by atoms with E-state index in [2.05, 4.69) is 10.2 Å². The molecule has 0 atom stereocenters. The summed E-state index contributed by atoms with van der Waals surface area (Å²) in [6, 6.07) is 6.27. The number of benzene rings is 1. The van der Waals surface area contributed by atoms with E-state index in [1.54, 1.807) is 12.1 Å². The Labute approximate surface area is 128 Å². The molecule has 0 aliphatic heterocycles. The third-order valence-electron chi connectivity index (χ3n) is 2.13. The summed E-state index contributed by atoms with van der Waals surface area (Å²) in [5, 5.41) is 11.5. The minimum atomic E-state index is -0.911. The fraction of sp³-hybridized carbons (Fsp3) is 0.429. The summed E-state index contributed by atoms with van der Waals surface area (Å²) < 4.78 is 5.00. The highest BCUT2D eigenvalue weighted by atomic mass is 16.9. The van der Waals surface area contributed by atoms with E-state index in [-0.39, 0.29) is 25.4 Å². The fourth-order valence-electron chi connectivity index (χ4n) is 1.35. The van der Waals surface area contributed by atoms with Crippen molar-refractivity contribution >= 4 is 17.6 Å². The van der Waals surface area contributed by atoms with Crippen LogP contribution in [0.25, 0.3) is 0 Å². The quantitative estimate of drug-likeness (QED) is 0.272. The molecule has 8 nitrogen and oxygen atoms in total. The maximum atomic E-state index is 11.4. The zero-order valence-electron chi connectivity index (χ0n) is 12.8. The van der Waals surface area contributed by atoms with Gasteiger partial charge in [-0.1, -0.05) is 13.8 Å². The molecule has 0 aliphatic rings. The van der Waals surface area contributed by atoms with Gasteiger partial charge in [0, 0.05) is 19.0 Å². The van der Waals surface area contributed by atoms with Gasteiger partial charge in [-0.15, -0.1) is 10.1 Å². The Kier molecular flexibility index (Phi) is 9.74. The van der Waals surface area contributed by atoms with Crippen LogP contribution in [0, 0.1) is 10.1 Å². The highest BCUT2D eigenvalue weighted by Crippen LogP contribution is 2.16. The fourth-order valence-corrected chi connectivity index (χ4v) is 1.35. The Hall–Kier alpha value is -2.64. The van der Waals surface area contributed by atoms with Crippen LogP contribution in [0.3, 0.4) is 0 Å². The van der Waals surface area contributed by atoms with Crippen molar-refractivity contribution in [3.8, 4) is 5.75 Å². The van der Waals surface area contributed by atoms with Crippen molar-refractivity contribution in [2.24, 2.45) is 0 Å². The van der Waals surface area contributed by atoms with Crippen LogP contribution in [0.4, 0.5) is 5.69 Å². The zero-order chi connectivity index (χ0) is 17.0. The summed E-state index contributed by atoms with van der Waals surface area (Å²) in [4.78, 5) is 36.2. The molecule has 0 aromatic heterocycles. The average Bonchev–Trinajstić information content (AvgIpc) is 2.47. The molecule has 0 fully saturated rings. The van der Waals surface area contributed by atoms with Crippen molar-refractivity contribution < 1.29 is 24.3 Å². The smallest absolute Gasteiger partial charge is 0.311 e. The van der Waals surface area contributed by atoms with Gasteiger partial charge in [0.1, 0.15) is 5.75 Å². The number of nitrogens with one attached hydrogen (secondary N) is 1. The van der Waals surface area contributed by atoms with Gasteiger partial charge in [-0.2, -0.15) is 0 Å². The summed E-state index contributed by atoms with van der Waals surface area (Å²) in [7, 11) is 0. The molecule has 0 saturated heterocycles. The SMILES string of the molecule is CC.CC(=O)Nc1ccc(OC(=O)CCCO[N+](=O)[O-])cc1. The predicted octanol–water partition coefficient (Wildman–Crippen LogP) is 2.57. The monoisotopic (exact) mass is 312 g/mol. The number of amides is 1. The molecule has 0 unspecified atom stereocenters. The summed E-state index contributed by atoms with van der Waals surface area (Å²) in [6.45, 7) is 5.24. The lowest BCUT2D eigenvalue weighted by Crippen LogP contribution is -2.10. The Morgan fingerprint density at radius 2 is 1.82 bits per heavy atom. The molecule has 1 aromatic carbocycles. The van der Waals surface area contributed by atoms with E-state index < -0.39 is 11.1 Å². The lowest BCUT2D eigenvalue weighted by molar-refractivity contribution is -0.757. The lowest BCUT2D eigenvalue weighted by Gasteiger charge is -2.06. The third kappa shape index (κ3) is 9.29. The van der Waals surface area contributed by atoms with Gasteiger partial charge in [-0.05, 0) is 30.7 Å². The number of anilines is 1. The summed E-state index contributed by atoms with van der Waals surface area (Å²) in [6.07, 6.45) is 0.213. The number of nitrogens with zero attached hydrogens (tertiary/aromatic N) is 1. The van der Waals surface area contributed by atoms with E-state index in [9.17, 15) is 19.7 Å². The second kappa shape index (κ2) is 11.1. The largest absolute Gasteiger partial charge is 0.427 e. The lowest BCUT2D eigenvalue weighted by atomic mass is 10.3. The minimum absolute atomic E-state index is 0.0152. The van der Waals surface area contributed by atoms with E-state index in [0.717, 1.165) is 0 Å². The molecule has 8 heteroatoms. The highest BCUT2D eigenvalue weighted by Gasteiger charge is 2.06. The van der Waals surface area contributed by atoms with Crippen LogP contribution in [0.1, 0.15) is 33.6 Å². The van der Waals surface area contributed by atoms with Crippen molar-refractivity contribution in [2.45, 2.75) is 33.6 Å². The average molecular weight is 312 g/mol. The summed E-state index contributed by atoms with van der Waals surface area (Å²) in [5.74, 6) is -0.371. The van der Waals surface area contributed by atoms with Crippen molar-refractivity contribution in [2.75, 3.05) is 11.9 Å². The van der Waals surface area contributed by atoms with Crippen LogP contribution in [0.2, 0.25) is 0 Å². The molecule has 0 radical (unpaired) electrons. The second-order valence-corrected chi connectivity index (χ2v) is 3.84. The van der Waals surface area contributed by atoms with Crippen molar-refractivity contribution in [3.63, 3.8) is 0 Å². The molecule has 1 aromatic rings. The van der Waals surface area contributed by atoms with Crippen LogP contribution < -0.4 is 10.1 Å². The van der Waals surface area contributed by atoms with Gasteiger partial charge in [-0.3, -0.25) is 9.59 Å². The number of hydrogen-bond donors (Lipinski definition) is 1. The first-order valence-electron chi connectivity index (χ1n) is 6.83. The van der Waals surface area contributed by atoms with E-state index in [0.29, 0.717) is 11.4 Å². The number of esters is 1. The molecular weight excluding hydrogens is 292 g/mol. The van der Waals surface area contributed by atoms with E-state index in [4.69, 9.17) is 4.74 Å². The zero-order valence-corrected chi connectivity index (χ0v) is 12.8. The van der Waals surface area contributed by atoms with Gasteiger partial charge in [0.2, 0.25) is 5.91 Å². The molecule has 122 valence electrons. The summed E-state index contributed by atoms with van der Waals surface area (Å²) >= 11 is 0. The molecular formula is C14H20N2O6. The molecule has 0 heterocycles. The van der Waals surface area contributed by atoms with Crippen LogP contribution in [0.5, 0.6) is 5.75 Å². The molecule has 22 heavy (non-hydrogen) atoms. The third-order valence-corrected chi connectivity index (χ3v) is 2.13. The number of rotatable bonds is 7. The van der Waals surface area contributed by atoms with Gasteiger partial charge < -0.3 is 14.9 Å². The Morgan fingerprint density at radius 3 is 2.32 bits per heavy atom. The predicted molar refractivity (Wildman–Crippen MR) is 79.9 cm³/mol. The summed E-state index contributed by atoms with van der Waals surface area (Å²) in [5.41, 5.74) is 0.594. The first-order chi connectivity index (χ1) is 10.5. The van der Waals surface area contributed by atoms with Crippen molar-refractivity contribution in [3.05, 3.63) is 34.4 Å².